The summed E-state index contributed by atoms with van der Waals surface area (Å²) in [6.45, 7) is 3.72. The minimum absolute atomic E-state index is 0.0783. The molecule has 1 heterocycles. The highest BCUT2D eigenvalue weighted by Gasteiger charge is 2.32. The third-order valence-electron chi connectivity index (χ3n) is 4.24. The van der Waals surface area contributed by atoms with Gasteiger partial charge in [0.25, 0.3) is 0 Å². The first-order valence-corrected chi connectivity index (χ1v) is 8.69. The lowest BCUT2D eigenvalue weighted by Crippen LogP contribution is -2.50. The number of esters is 1. The number of para-hydroxylation sites is 1. The number of ether oxygens (including phenoxy) is 2. The van der Waals surface area contributed by atoms with E-state index in [1.165, 1.54) is 0 Å². The van der Waals surface area contributed by atoms with E-state index in [0.29, 0.717) is 31.1 Å². The topological polar surface area (TPSA) is 67.9 Å². The SMILES string of the molecule is CCN1CCOC(=O)[C@@H]1CC(=O)Nc1ccc(Oc2ccccc2)cc1. The van der Waals surface area contributed by atoms with E-state index in [1.54, 1.807) is 24.3 Å². The van der Waals surface area contributed by atoms with Crippen molar-refractivity contribution < 1.29 is 19.1 Å². The smallest absolute Gasteiger partial charge is 0.323 e. The molecule has 0 bridgehead atoms. The van der Waals surface area contributed by atoms with Crippen LogP contribution >= 0.6 is 0 Å². The van der Waals surface area contributed by atoms with Crippen LogP contribution in [0.5, 0.6) is 11.5 Å². The van der Waals surface area contributed by atoms with Gasteiger partial charge in [-0.25, -0.2) is 0 Å². The van der Waals surface area contributed by atoms with E-state index in [1.807, 2.05) is 42.2 Å². The Morgan fingerprint density at radius 1 is 1.15 bits per heavy atom. The Morgan fingerprint density at radius 3 is 2.54 bits per heavy atom. The molecule has 6 heteroatoms. The van der Waals surface area contributed by atoms with Crippen LogP contribution in [0.4, 0.5) is 5.69 Å². The molecule has 3 rings (SSSR count). The van der Waals surface area contributed by atoms with Crippen molar-refractivity contribution in [2.24, 2.45) is 0 Å². The summed E-state index contributed by atoms with van der Waals surface area (Å²) in [6, 6.07) is 16.1. The first kappa shape index (κ1) is 17.9. The highest BCUT2D eigenvalue weighted by atomic mass is 16.5. The number of benzene rings is 2. The molecule has 1 N–H and O–H groups in total. The van der Waals surface area contributed by atoms with Gasteiger partial charge in [-0.1, -0.05) is 25.1 Å². The highest BCUT2D eigenvalue weighted by Crippen LogP contribution is 2.23. The fourth-order valence-electron chi connectivity index (χ4n) is 2.87. The van der Waals surface area contributed by atoms with Crippen LogP contribution in [0.25, 0.3) is 0 Å². The molecule has 1 amide bonds. The van der Waals surface area contributed by atoms with E-state index in [9.17, 15) is 9.59 Å². The summed E-state index contributed by atoms with van der Waals surface area (Å²) < 4.78 is 10.8. The molecule has 2 aromatic carbocycles. The number of nitrogens with one attached hydrogen (secondary N) is 1. The van der Waals surface area contributed by atoms with E-state index in [4.69, 9.17) is 9.47 Å². The summed E-state index contributed by atoms with van der Waals surface area (Å²) in [6.07, 6.45) is 0.0783. The maximum absolute atomic E-state index is 12.3. The van der Waals surface area contributed by atoms with Crippen LogP contribution < -0.4 is 10.1 Å². The molecule has 0 unspecified atom stereocenters. The molecule has 1 aliphatic rings. The zero-order valence-electron chi connectivity index (χ0n) is 14.7. The molecule has 6 nitrogen and oxygen atoms in total. The van der Waals surface area contributed by atoms with Crippen molar-refractivity contribution in [1.29, 1.82) is 0 Å². The van der Waals surface area contributed by atoms with Crippen LogP contribution in [0, 0.1) is 0 Å². The second-order valence-electron chi connectivity index (χ2n) is 6.00. The molecular formula is C20H22N2O4. The number of amides is 1. The van der Waals surface area contributed by atoms with Crippen molar-refractivity contribution >= 4 is 17.6 Å². The predicted molar refractivity (Wildman–Crippen MR) is 98.2 cm³/mol. The molecule has 136 valence electrons. The number of likely N-dealkylation sites (N-methyl/N-ethyl adjacent to an activating group) is 1. The highest BCUT2D eigenvalue weighted by molar-refractivity contribution is 5.94. The van der Waals surface area contributed by atoms with Gasteiger partial charge in [0.05, 0.1) is 6.42 Å². The molecule has 26 heavy (non-hydrogen) atoms. The Balaban J connectivity index is 1.56. The monoisotopic (exact) mass is 354 g/mol. The lowest BCUT2D eigenvalue weighted by Gasteiger charge is -2.32. The lowest BCUT2D eigenvalue weighted by molar-refractivity contribution is -0.158. The summed E-state index contributed by atoms with van der Waals surface area (Å²) in [4.78, 5) is 26.2. The molecule has 1 atom stereocenters. The van der Waals surface area contributed by atoms with E-state index in [2.05, 4.69) is 5.32 Å². The minimum Gasteiger partial charge on any atom is -0.463 e. The predicted octanol–water partition coefficient (Wildman–Crippen LogP) is 3.05. The quantitative estimate of drug-likeness (QED) is 0.808. The van der Waals surface area contributed by atoms with Crippen molar-refractivity contribution in [3.05, 3.63) is 54.6 Å². The molecular weight excluding hydrogens is 332 g/mol. The van der Waals surface area contributed by atoms with Crippen LogP contribution in [0.1, 0.15) is 13.3 Å². The fraction of sp³-hybridized carbons (Fsp3) is 0.300. The van der Waals surface area contributed by atoms with Gasteiger partial charge in [-0.05, 0) is 42.9 Å². The fourth-order valence-corrected chi connectivity index (χ4v) is 2.87. The van der Waals surface area contributed by atoms with Gasteiger partial charge in [0, 0.05) is 12.2 Å². The van der Waals surface area contributed by atoms with Gasteiger partial charge in [-0.2, -0.15) is 0 Å². The second kappa shape index (κ2) is 8.49. The Kier molecular flexibility index (Phi) is 5.86. The van der Waals surface area contributed by atoms with Crippen molar-refractivity contribution in [2.45, 2.75) is 19.4 Å². The van der Waals surface area contributed by atoms with Gasteiger partial charge in [0.15, 0.2) is 0 Å². The molecule has 0 spiro atoms. The standard InChI is InChI=1S/C20H22N2O4/c1-2-22-12-13-25-20(24)18(22)14-19(23)21-15-8-10-17(11-9-15)26-16-6-4-3-5-7-16/h3-11,18H,2,12-14H2,1H3,(H,21,23)/t18-/m0/s1. The minimum atomic E-state index is -0.519. The Hall–Kier alpha value is -2.86. The number of carbonyl (C=O) groups is 2. The Labute approximate surface area is 152 Å². The largest absolute Gasteiger partial charge is 0.463 e. The normalized spacial score (nSPS) is 17.4. The number of cyclic esters (lactones) is 1. The van der Waals surface area contributed by atoms with Gasteiger partial charge >= 0.3 is 5.97 Å². The molecule has 0 aliphatic carbocycles. The zero-order valence-corrected chi connectivity index (χ0v) is 14.7. The number of carbonyl (C=O) groups excluding carboxylic acids is 2. The third kappa shape index (κ3) is 4.61. The van der Waals surface area contributed by atoms with Crippen LogP contribution in [-0.2, 0) is 14.3 Å². The summed E-state index contributed by atoms with van der Waals surface area (Å²) in [7, 11) is 0. The maximum Gasteiger partial charge on any atom is 0.323 e. The summed E-state index contributed by atoms with van der Waals surface area (Å²) in [5.74, 6) is 0.880. The van der Waals surface area contributed by atoms with E-state index in [-0.39, 0.29) is 18.3 Å². The first-order valence-electron chi connectivity index (χ1n) is 8.69. The average molecular weight is 354 g/mol. The van der Waals surface area contributed by atoms with Crippen LogP contribution in [-0.4, -0.2) is 42.5 Å². The van der Waals surface area contributed by atoms with Crippen LogP contribution in [0.3, 0.4) is 0 Å². The Morgan fingerprint density at radius 2 is 1.85 bits per heavy atom. The summed E-state index contributed by atoms with van der Waals surface area (Å²) >= 11 is 0. The van der Waals surface area contributed by atoms with Crippen molar-refractivity contribution in [2.75, 3.05) is 25.0 Å². The van der Waals surface area contributed by atoms with E-state index >= 15 is 0 Å². The summed E-state index contributed by atoms with van der Waals surface area (Å²) in [5, 5.41) is 2.82. The molecule has 0 saturated carbocycles. The summed E-state index contributed by atoms with van der Waals surface area (Å²) in [5.41, 5.74) is 0.655. The number of nitrogens with zero attached hydrogens (tertiary/aromatic N) is 1. The number of hydrogen-bond donors (Lipinski definition) is 1. The van der Waals surface area contributed by atoms with Crippen LogP contribution in [0.15, 0.2) is 54.6 Å². The average Bonchev–Trinajstić information content (AvgIpc) is 2.66. The van der Waals surface area contributed by atoms with E-state index in [0.717, 1.165) is 5.75 Å². The van der Waals surface area contributed by atoms with E-state index < -0.39 is 6.04 Å². The van der Waals surface area contributed by atoms with Crippen molar-refractivity contribution in [3.63, 3.8) is 0 Å². The van der Waals surface area contributed by atoms with Crippen molar-refractivity contribution in [1.82, 2.24) is 4.90 Å². The zero-order chi connectivity index (χ0) is 18.4. The van der Waals surface area contributed by atoms with Gasteiger partial charge in [-0.15, -0.1) is 0 Å². The number of hydrogen-bond acceptors (Lipinski definition) is 5. The number of anilines is 1. The molecule has 2 aromatic rings. The first-order chi connectivity index (χ1) is 12.7. The lowest BCUT2D eigenvalue weighted by atomic mass is 10.1. The maximum atomic E-state index is 12.3. The third-order valence-corrected chi connectivity index (χ3v) is 4.24. The molecule has 1 aliphatic heterocycles. The van der Waals surface area contributed by atoms with Gasteiger partial charge in [-0.3, -0.25) is 14.5 Å². The molecule has 0 radical (unpaired) electrons. The van der Waals surface area contributed by atoms with Crippen LogP contribution in [0.2, 0.25) is 0 Å². The molecule has 1 fully saturated rings. The van der Waals surface area contributed by atoms with Gasteiger partial charge < -0.3 is 14.8 Å². The number of rotatable bonds is 6. The van der Waals surface area contributed by atoms with Gasteiger partial charge in [0.1, 0.15) is 24.1 Å². The van der Waals surface area contributed by atoms with Crippen molar-refractivity contribution in [3.8, 4) is 11.5 Å². The Bertz CT molecular complexity index is 746. The van der Waals surface area contributed by atoms with Gasteiger partial charge in [0.2, 0.25) is 5.91 Å². The number of morpholine rings is 1. The second-order valence-corrected chi connectivity index (χ2v) is 6.00. The molecule has 1 saturated heterocycles. The molecule has 0 aromatic heterocycles.